The third-order valence-corrected chi connectivity index (χ3v) is 3.89. The highest BCUT2D eigenvalue weighted by Crippen LogP contribution is 2.21. The second-order valence-electron chi connectivity index (χ2n) is 5.63. The molecule has 28 heavy (non-hydrogen) atoms. The van der Waals surface area contributed by atoms with Gasteiger partial charge >= 0.3 is 5.97 Å². The zero-order valence-corrected chi connectivity index (χ0v) is 18.6. The maximum Gasteiger partial charge on any atom is 0.337 e. The lowest BCUT2D eigenvalue weighted by molar-refractivity contribution is -0.112. The van der Waals surface area contributed by atoms with Crippen LogP contribution in [0.3, 0.4) is 0 Å². The molecule has 4 nitrogen and oxygen atoms in total. The Morgan fingerprint density at radius 2 is 1.54 bits per heavy atom. The Hall–Kier alpha value is -2.66. The number of hydrogen-bond donors (Lipinski definition) is 2. The van der Waals surface area contributed by atoms with E-state index in [0.29, 0.717) is 10.0 Å². The number of carboxylic acid groups (broad SMARTS) is 1. The van der Waals surface area contributed by atoms with Gasteiger partial charge in [-0.2, -0.15) is 0 Å². The van der Waals surface area contributed by atoms with E-state index in [1.807, 2.05) is 70.2 Å². The average Bonchev–Trinajstić information content (AvgIpc) is 2.67. The molecule has 0 saturated heterocycles. The second kappa shape index (κ2) is 14.4. The summed E-state index contributed by atoms with van der Waals surface area (Å²) in [6.07, 6.45) is 15.2. The molecule has 0 atom stereocenters. The van der Waals surface area contributed by atoms with Gasteiger partial charge in [0.25, 0.3) is 5.91 Å². The van der Waals surface area contributed by atoms with E-state index in [0.717, 1.165) is 5.57 Å². The highest BCUT2D eigenvalue weighted by molar-refractivity contribution is 9.10. The number of allylic oxidation sites excluding steroid dienone is 9. The molecular weight excluding hydrogens is 418 g/mol. The van der Waals surface area contributed by atoms with Crippen LogP contribution in [0.2, 0.25) is 0 Å². The van der Waals surface area contributed by atoms with E-state index >= 15 is 0 Å². The van der Waals surface area contributed by atoms with Crippen LogP contribution < -0.4 is 5.32 Å². The molecule has 0 fully saturated rings. The first-order valence-electron chi connectivity index (χ1n) is 8.86. The van der Waals surface area contributed by atoms with Crippen molar-refractivity contribution in [1.82, 2.24) is 0 Å². The molecule has 0 unspecified atom stereocenters. The van der Waals surface area contributed by atoms with Gasteiger partial charge in [0, 0.05) is 10.0 Å². The van der Waals surface area contributed by atoms with Crippen molar-refractivity contribution >= 4 is 33.5 Å². The lowest BCUT2D eigenvalue weighted by Crippen LogP contribution is -2.15. The van der Waals surface area contributed by atoms with Crippen LogP contribution in [0.15, 0.2) is 82.4 Å². The van der Waals surface area contributed by atoms with Gasteiger partial charge in [0.1, 0.15) is 0 Å². The van der Waals surface area contributed by atoms with Crippen LogP contribution in [-0.2, 0) is 4.79 Å². The van der Waals surface area contributed by atoms with Crippen molar-refractivity contribution in [2.75, 3.05) is 5.32 Å². The molecule has 0 bridgehead atoms. The Morgan fingerprint density at radius 3 is 2.00 bits per heavy atom. The summed E-state index contributed by atoms with van der Waals surface area (Å²) in [6, 6.07) is 4.68. The van der Waals surface area contributed by atoms with Gasteiger partial charge in [0.05, 0.1) is 11.3 Å². The quantitative estimate of drug-likeness (QED) is 0.291. The number of carbonyl (C=O) groups excluding carboxylic acids is 1. The van der Waals surface area contributed by atoms with Gasteiger partial charge in [-0.3, -0.25) is 4.79 Å². The van der Waals surface area contributed by atoms with Gasteiger partial charge in [-0.15, -0.1) is 0 Å². The van der Waals surface area contributed by atoms with Crippen LogP contribution in [0, 0.1) is 0 Å². The van der Waals surface area contributed by atoms with E-state index in [1.165, 1.54) is 6.07 Å². The van der Waals surface area contributed by atoms with Crippen molar-refractivity contribution in [2.45, 2.75) is 34.6 Å². The SMILES string of the molecule is C/C=C\C.C\C=C/C(=C\C=C(/C)C(=O)Nc1ccc(Br)cc1C(=O)O)/C=C/C. The van der Waals surface area contributed by atoms with Crippen LogP contribution in [0.4, 0.5) is 5.69 Å². The summed E-state index contributed by atoms with van der Waals surface area (Å²) in [7, 11) is 0. The van der Waals surface area contributed by atoms with Crippen molar-refractivity contribution in [1.29, 1.82) is 0 Å². The Kier molecular flexibility index (Phi) is 13.0. The zero-order chi connectivity index (χ0) is 21.5. The third kappa shape index (κ3) is 9.88. The van der Waals surface area contributed by atoms with Gasteiger partial charge < -0.3 is 10.4 Å². The minimum atomic E-state index is -1.10. The largest absolute Gasteiger partial charge is 0.478 e. The Labute approximate surface area is 176 Å². The Bertz CT molecular complexity index is 797. The molecule has 0 spiro atoms. The Balaban J connectivity index is 0.00000165. The number of rotatable bonds is 6. The first-order chi connectivity index (χ1) is 13.3. The van der Waals surface area contributed by atoms with Gasteiger partial charge in [-0.25, -0.2) is 4.79 Å². The fourth-order valence-corrected chi connectivity index (χ4v) is 2.23. The lowest BCUT2D eigenvalue weighted by atomic mass is 10.1. The average molecular weight is 446 g/mol. The standard InChI is InChI=1S/C19H20BrNO3.C4H8/c1-4-6-14(7-5-2)9-8-13(3)18(22)21-17-11-10-15(20)12-16(17)19(23)24;1-3-4-2/h4-12H,1-3H3,(H,21,22)(H,23,24);3-4H,1-2H3/b6-4-,7-5+,13-8+,14-9+;4-3-. The molecule has 0 aliphatic carbocycles. The van der Waals surface area contributed by atoms with E-state index in [1.54, 1.807) is 25.1 Å². The smallest absolute Gasteiger partial charge is 0.337 e. The summed E-state index contributed by atoms with van der Waals surface area (Å²) in [4.78, 5) is 23.5. The minimum Gasteiger partial charge on any atom is -0.478 e. The Morgan fingerprint density at radius 1 is 0.964 bits per heavy atom. The second-order valence-corrected chi connectivity index (χ2v) is 6.55. The predicted molar refractivity (Wildman–Crippen MR) is 122 cm³/mol. The number of amides is 1. The topological polar surface area (TPSA) is 66.4 Å². The molecule has 1 aromatic rings. The number of carboxylic acids is 1. The zero-order valence-electron chi connectivity index (χ0n) is 17.0. The summed E-state index contributed by atoms with van der Waals surface area (Å²) in [5.74, 6) is -1.45. The monoisotopic (exact) mass is 445 g/mol. The summed E-state index contributed by atoms with van der Waals surface area (Å²) < 4.78 is 0.635. The molecule has 0 saturated carbocycles. The molecule has 0 radical (unpaired) electrons. The normalized spacial score (nSPS) is 12.4. The van der Waals surface area contributed by atoms with Crippen molar-refractivity contribution in [3.8, 4) is 0 Å². The molecule has 0 heterocycles. The van der Waals surface area contributed by atoms with E-state index < -0.39 is 5.97 Å². The lowest BCUT2D eigenvalue weighted by Gasteiger charge is -2.09. The number of anilines is 1. The fourth-order valence-electron chi connectivity index (χ4n) is 1.87. The highest BCUT2D eigenvalue weighted by atomic mass is 79.9. The number of nitrogens with one attached hydrogen (secondary N) is 1. The van der Waals surface area contributed by atoms with Gasteiger partial charge in [-0.05, 0) is 58.4 Å². The third-order valence-electron chi connectivity index (χ3n) is 3.40. The molecule has 150 valence electrons. The van der Waals surface area contributed by atoms with Crippen LogP contribution in [0.25, 0.3) is 0 Å². The molecular formula is C23H28BrNO3. The number of halogens is 1. The first kappa shape index (κ1) is 25.3. The molecule has 1 aromatic carbocycles. The first-order valence-corrected chi connectivity index (χ1v) is 9.65. The minimum absolute atomic E-state index is 0.0320. The number of benzene rings is 1. The molecule has 1 rings (SSSR count). The fraction of sp³-hybridized carbons (Fsp3) is 0.217. The van der Waals surface area contributed by atoms with Crippen molar-refractivity contribution < 1.29 is 14.7 Å². The number of carbonyl (C=O) groups is 2. The number of aromatic carboxylic acids is 1. The predicted octanol–water partition coefficient (Wildman–Crippen LogP) is 6.69. The van der Waals surface area contributed by atoms with Crippen LogP contribution in [0.1, 0.15) is 45.0 Å². The summed E-state index contributed by atoms with van der Waals surface area (Å²) >= 11 is 3.22. The maximum atomic E-state index is 12.3. The summed E-state index contributed by atoms with van der Waals surface area (Å²) in [5.41, 5.74) is 1.72. The van der Waals surface area contributed by atoms with Crippen LogP contribution >= 0.6 is 15.9 Å². The molecule has 1 amide bonds. The van der Waals surface area contributed by atoms with Crippen molar-refractivity contribution in [3.63, 3.8) is 0 Å². The van der Waals surface area contributed by atoms with E-state index in [2.05, 4.69) is 21.2 Å². The molecule has 0 aliphatic heterocycles. The van der Waals surface area contributed by atoms with Gasteiger partial charge in [0.2, 0.25) is 0 Å². The van der Waals surface area contributed by atoms with E-state index in [9.17, 15) is 14.7 Å². The van der Waals surface area contributed by atoms with Gasteiger partial charge in [0.15, 0.2) is 0 Å². The van der Waals surface area contributed by atoms with Gasteiger partial charge in [-0.1, -0.05) is 64.5 Å². The highest BCUT2D eigenvalue weighted by Gasteiger charge is 2.13. The molecule has 0 aliphatic rings. The number of hydrogen-bond acceptors (Lipinski definition) is 2. The van der Waals surface area contributed by atoms with E-state index in [4.69, 9.17) is 0 Å². The molecule has 2 N–H and O–H groups in total. The van der Waals surface area contributed by atoms with Crippen molar-refractivity contribution in [2.24, 2.45) is 0 Å². The van der Waals surface area contributed by atoms with Crippen LogP contribution in [0.5, 0.6) is 0 Å². The summed E-state index contributed by atoms with van der Waals surface area (Å²) in [5, 5.41) is 11.9. The van der Waals surface area contributed by atoms with E-state index in [-0.39, 0.29) is 17.2 Å². The molecule has 0 aromatic heterocycles. The maximum absolute atomic E-state index is 12.3. The summed E-state index contributed by atoms with van der Waals surface area (Å²) in [6.45, 7) is 9.51. The van der Waals surface area contributed by atoms with Crippen molar-refractivity contribution in [3.05, 3.63) is 88.0 Å². The van der Waals surface area contributed by atoms with Crippen LogP contribution in [-0.4, -0.2) is 17.0 Å². The molecule has 5 heteroatoms.